The maximum atomic E-state index is 13.0. The predicted molar refractivity (Wildman–Crippen MR) is 76.1 cm³/mol. The number of carbonyl (C=O) groups is 1. The first-order valence-corrected chi connectivity index (χ1v) is 6.09. The highest BCUT2D eigenvalue weighted by atomic mass is 19.1. The number of carbonyl (C=O) groups excluding carboxylic acids is 1. The Kier molecular flexibility index (Phi) is 4.20. The van der Waals surface area contributed by atoms with E-state index in [2.05, 4.69) is 5.32 Å². The molecule has 0 saturated carbocycles. The SMILES string of the molecule is Cc1ccccc1OCC(=O)Nc1ccc(F)c(N)c1. The summed E-state index contributed by atoms with van der Waals surface area (Å²) in [4.78, 5) is 11.7. The molecule has 0 spiro atoms. The zero-order valence-electron chi connectivity index (χ0n) is 11.0. The molecule has 0 radical (unpaired) electrons. The number of amides is 1. The molecule has 0 bridgehead atoms. The average Bonchev–Trinajstić information content (AvgIpc) is 2.42. The molecule has 0 saturated heterocycles. The normalized spacial score (nSPS) is 10.1. The van der Waals surface area contributed by atoms with Crippen LogP contribution in [0, 0.1) is 12.7 Å². The molecule has 0 heterocycles. The van der Waals surface area contributed by atoms with E-state index in [0.717, 1.165) is 5.56 Å². The second kappa shape index (κ2) is 6.06. The fourth-order valence-corrected chi connectivity index (χ4v) is 1.68. The Hall–Kier alpha value is -2.56. The van der Waals surface area contributed by atoms with Gasteiger partial charge in [0.25, 0.3) is 5.91 Å². The third-order valence-electron chi connectivity index (χ3n) is 2.73. The van der Waals surface area contributed by atoms with E-state index in [0.29, 0.717) is 11.4 Å². The van der Waals surface area contributed by atoms with E-state index < -0.39 is 5.82 Å². The van der Waals surface area contributed by atoms with E-state index in [4.69, 9.17) is 10.5 Å². The molecule has 104 valence electrons. The molecule has 0 aliphatic carbocycles. The lowest BCUT2D eigenvalue weighted by atomic mass is 10.2. The van der Waals surface area contributed by atoms with E-state index in [1.165, 1.54) is 18.2 Å². The third kappa shape index (κ3) is 3.47. The monoisotopic (exact) mass is 274 g/mol. The number of benzene rings is 2. The molecular formula is C15H15FN2O2. The molecule has 0 atom stereocenters. The highest BCUT2D eigenvalue weighted by molar-refractivity contribution is 5.92. The van der Waals surface area contributed by atoms with Gasteiger partial charge in [0, 0.05) is 5.69 Å². The zero-order valence-corrected chi connectivity index (χ0v) is 11.0. The molecule has 0 aromatic heterocycles. The minimum absolute atomic E-state index is 0.0115. The second-order valence-corrected chi connectivity index (χ2v) is 4.34. The Morgan fingerprint density at radius 1 is 1.30 bits per heavy atom. The van der Waals surface area contributed by atoms with Gasteiger partial charge in [0.1, 0.15) is 11.6 Å². The molecular weight excluding hydrogens is 259 g/mol. The maximum absolute atomic E-state index is 13.0. The number of rotatable bonds is 4. The van der Waals surface area contributed by atoms with Crippen LogP contribution >= 0.6 is 0 Å². The fraction of sp³-hybridized carbons (Fsp3) is 0.133. The number of hydrogen-bond donors (Lipinski definition) is 2. The van der Waals surface area contributed by atoms with Crippen molar-refractivity contribution in [3.05, 3.63) is 53.8 Å². The summed E-state index contributed by atoms with van der Waals surface area (Å²) < 4.78 is 18.4. The van der Waals surface area contributed by atoms with Gasteiger partial charge in [-0.05, 0) is 36.8 Å². The first-order chi connectivity index (χ1) is 9.56. The Bertz CT molecular complexity index is 629. The lowest BCUT2D eigenvalue weighted by Crippen LogP contribution is -2.20. The van der Waals surface area contributed by atoms with Gasteiger partial charge in [0.2, 0.25) is 0 Å². The van der Waals surface area contributed by atoms with Crippen LogP contribution in [0.15, 0.2) is 42.5 Å². The van der Waals surface area contributed by atoms with Gasteiger partial charge in [-0.1, -0.05) is 18.2 Å². The van der Waals surface area contributed by atoms with Gasteiger partial charge in [0.15, 0.2) is 6.61 Å². The van der Waals surface area contributed by atoms with Gasteiger partial charge in [-0.2, -0.15) is 0 Å². The molecule has 2 aromatic carbocycles. The Balaban J connectivity index is 1.93. The van der Waals surface area contributed by atoms with Crippen molar-refractivity contribution in [3.63, 3.8) is 0 Å². The van der Waals surface area contributed by atoms with Crippen LogP contribution in [0.25, 0.3) is 0 Å². The van der Waals surface area contributed by atoms with Crippen LogP contribution in [0.5, 0.6) is 5.75 Å². The van der Waals surface area contributed by atoms with Crippen molar-refractivity contribution in [2.45, 2.75) is 6.92 Å². The summed E-state index contributed by atoms with van der Waals surface area (Å²) in [6.07, 6.45) is 0. The molecule has 4 nitrogen and oxygen atoms in total. The predicted octanol–water partition coefficient (Wildman–Crippen LogP) is 2.73. The van der Waals surface area contributed by atoms with Gasteiger partial charge in [-0.25, -0.2) is 4.39 Å². The number of hydrogen-bond acceptors (Lipinski definition) is 3. The zero-order chi connectivity index (χ0) is 14.5. The number of aryl methyl sites for hydroxylation is 1. The Morgan fingerprint density at radius 2 is 2.05 bits per heavy atom. The first kappa shape index (κ1) is 13.9. The molecule has 2 aromatic rings. The Morgan fingerprint density at radius 3 is 2.75 bits per heavy atom. The molecule has 0 fully saturated rings. The average molecular weight is 274 g/mol. The molecule has 0 aliphatic rings. The number of ether oxygens (including phenoxy) is 1. The van der Waals surface area contributed by atoms with Crippen LogP contribution in [-0.4, -0.2) is 12.5 Å². The molecule has 1 amide bonds. The lowest BCUT2D eigenvalue weighted by molar-refractivity contribution is -0.118. The van der Waals surface area contributed by atoms with Gasteiger partial charge in [0.05, 0.1) is 5.69 Å². The van der Waals surface area contributed by atoms with Crippen molar-refractivity contribution in [3.8, 4) is 5.75 Å². The van der Waals surface area contributed by atoms with Gasteiger partial charge in [-0.15, -0.1) is 0 Å². The van der Waals surface area contributed by atoms with Crippen LogP contribution in [0.3, 0.4) is 0 Å². The second-order valence-electron chi connectivity index (χ2n) is 4.34. The summed E-state index contributed by atoms with van der Waals surface area (Å²) in [5.41, 5.74) is 6.80. The highest BCUT2D eigenvalue weighted by Gasteiger charge is 2.06. The topological polar surface area (TPSA) is 64.3 Å². The Labute approximate surface area is 116 Å². The van der Waals surface area contributed by atoms with Crippen LogP contribution in [0.1, 0.15) is 5.56 Å². The number of halogens is 1. The summed E-state index contributed by atoms with van der Waals surface area (Å²) in [6.45, 7) is 1.77. The van der Waals surface area contributed by atoms with Gasteiger partial charge >= 0.3 is 0 Å². The summed E-state index contributed by atoms with van der Waals surface area (Å²) in [5, 5.41) is 2.59. The van der Waals surface area contributed by atoms with E-state index in [9.17, 15) is 9.18 Å². The molecule has 0 aliphatic heterocycles. The summed E-state index contributed by atoms with van der Waals surface area (Å²) >= 11 is 0. The van der Waals surface area contributed by atoms with E-state index >= 15 is 0 Å². The van der Waals surface area contributed by atoms with E-state index in [1.807, 2.05) is 25.1 Å². The van der Waals surface area contributed by atoms with E-state index in [1.54, 1.807) is 6.07 Å². The van der Waals surface area contributed by atoms with Crippen LogP contribution in [0.2, 0.25) is 0 Å². The summed E-state index contributed by atoms with van der Waals surface area (Å²) in [5.74, 6) is -0.195. The lowest BCUT2D eigenvalue weighted by Gasteiger charge is -2.09. The fourth-order valence-electron chi connectivity index (χ4n) is 1.68. The number of nitrogens with two attached hydrogens (primary N) is 1. The largest absolute Gasteiger partial charge is 0.483 e. The van der Waals surface area contributed by atoms with Crippen LogP contribution in [-0.2, 0) is 4.79 Å². The minimum atomic E-state index is -0.515. The van der Waals surface area contributed by atoms with Crippen molar-refractivity contribution in [1.29, 1.82) is 0 Å². The quantitative estimate of drug-likeness (QED) is 0.842. The van der Waals surface area contributed by atoms with Crippen molar-refractivity contribution in [1.82, 2.24) is 0 Å². The minimum Gasteiger partial charge on any atom is -0.483 e. The third-order valence-corrected chi connectivity index (χ3v) is 2.73. The summed E-state index contributed by atoms with van der Waals surface area (Å²) in [7, 11) is 0. The number of nitrogen functional groups attached to an aromatic ring is 1. The van der Waals surface area contributed by atoms with Crippen molar-refractivity contribution < 1.29 is 13.9 Å². The number of nitrogens with one attached hydrogen (secondary N) is 1. The molecule has 2 rings (SSSR count). The molecule has 0 unspecified atom stereocenters. The van der Waals surface area contributed by atoms with Crippen LogP contribution in [0.4, 0.5) is 15.8 Å². The van der Waals surface area contributed by atoms with Gasteiger partial charge < -0.3 is 15.8 Å². The molecule has 20 heavy (non-hydrogen) atoms. The maximum Gasteiger partial charge on any atom is 0.262 e. The number of anilines is 2. The van der Waals surface area contributed by atoms with Crippen molar-refractivity contribution in [2.24, 2.45) is 0 Å². The molecule has 5 heteroatoms. The van der Waals surface area contributed by atoms with Crippen molar-refractivity contribution in [2.75, 3.05) is 17.7 Å². The van der Waals surface area contributed by atoms with E-state index in [-0.39, 0.29) is 18.2 Å². The smallest absolute Gasteiger partial charge is 0.262 e. The van der Waals surface area contributed by atoms with Crippen molar-refractivity contribution >= 4 is 17.3 Å². The number of para-hydroxylation sites is 1. The first-order valence-electron chi connectivity index (χ1n) is 6.09. The standard InChI is InChI=1S/C15H15FN2O2/c1-10-4-2-3-5-14(10)20-9-15(19)18-11-6-7-12(16)13(17)8-11/h2-8H,9,17H2,1H3,(H,18,19). The molecule has 3 N–H and O–H groups in total. The summed E-state index contributed by atoms with van der Waals surface area (Å²) in [6, 6.07) is 11.4. The van der Waals surface area contributed by atoms with Crippen LogP contribution < -0.4 is 15.8 Å². The highest BCUT2D eigenvalue weighted by Crippen LogP contribution is 2.17. The van der Waals surface area contributed by atoms with Gasteiger partial charge in [-0.3, -0.25) is 4.79 Å².